The molecule has 1 N–H and O–H groups in total. The Morgan fingerprint density at radius 1 is 1.09 bits per heavy atom. The largest absolute Gasteiger partial charge is 0.497 e. The number of hydrazone groups is 1. The highest BCUT2D eigenvalue weighted by Crippen LogP contribution is 2.30. The van der Waals surface area contributed by atoms with E-state index in [-0.39, 0.29) is 33.6 Å². The molecule has 0 saturated carbocycles. The van der Waals surface area contributed by atoms with Crippen molar-refractivity contribution in [3.63, 3.8) is 0 Å². The molecule has 0 heterocycles. The average Bonchev–Trinajstić information content (AvgIpc) is 2.76. The maximum atomic E-state index is 12.6. The fraction of sp³-hybridized carbons (Fsp3) is 0.130. The molecule has 1 amide bonds. The van der Waals surface area contributed by atoms with Crippen molar-refractivity contribution < 1.29 is 22.1 Å². The van der Waals surface area contributed by atoms with Crippen molar-refractivity contribution in [2.45, 2.75) is 18.2 Å². The molecule has 3 aromatic rings. The van der Waals surface area contributed by atoms with Gasteiger partial charge in [-0.05, 0) is 48.9 Å². The molecule has 0 bridgehead atoms. The quantitative estimate of drug-likeness (QED) is 0.302. The standard InChI is InChI=1S/C23H21ClN2O5S/c1-16-9-11-20(12-10-16)32(28,29)31-23-18(6-4-8-21(23)24)15-25-26-22(27)14-17-5-3-7-19(13-17)30-2/h3-13,15H,14H2,1-2H3,(H,26,27)/b25-15+. The molecule has 0 aliphatic carbocycles. The molecule has 0 fully saturated rings. The van der Waals surface area contributed by atoms with E-state index in [9.17, 15) is 13.2 Å². The van der Waals surface area contributed by atoms with E-state index in [2.05, 4.69) is 10.5 Å². The Bertz CT molecular complexity index is 1240. The van der Waals surface area contributed by atoms with Gasteiger partial charge in [0, 0.05) is 5.56 Å². The van der Waals surface area contributed by atoms with Crippen molar-refractivity contribution in [1.82, 2.24) is 5.43 Å². The lowest BCUT2D eigenvalue weighted by atomic mass is 10.1. The third-order valence-corrected chi connectivity index (χ3v) is 5.93. The Morgan fingerprint density at radius 3 is 2.53 bits per heavy atom. The number of hydrogen-bond donors (Lipinski definition) is 1. The molecule has 0 aliphatic heterocycles. The molecule has 0 aliphatic rings. The van der Waals surface area contributed by atoms with Gasteiger partial charge in [0.25, 0.3) is 0 Å². The summed E-state index contributed by atoms with van der Waals surface area (Å²) < 4.78 is 35.7. The van der Waals surface area contributed by atoms with Crippen LogP contribution in [0.3, 0.4) is 0 Å². The van der Waals surface area contributed by atoms with Gasteiger partial charge < -0.3 is 8.92 Å². The lowest BCUT2D eigenvalue weighted by molar-refractivity contribution is -0.120. The van der Waals surface area contributed by atoms with Gasteiger partial charge in [0.05, 0.1) is 24.8 Å². The second-order valence-corrected chi connectivity index (χ2v) is 8.78. The number of carbonyl (C=O) groups excluding carboxylic acids is 1. The van der Waals surface area contributed by atoms with Crippen LogP contribution in [0.4, 0.5) is 0 Å². The number of methoxy groups -OCH3 is 1. The molecule has 0 unspecified atom stereocenters. The van der Waals surface area contributed by atoms with E-state index < -0.39 is 10.1 Å². The zero-order valence-corrected chi connectivity index (χ0v) is 19.0. The molecule has 9 heteroatoms. The van der Waals surface area contributed by atoms with Crippen molar-refractivity contribution in [3.05, 3.63) is 88.4 Å². The van der Waals surface area contributed by atoms with Crippen molar-refractivity contribution in [2.24, 2.45) is 5.10 Å². The molecule has 0 spiro atoms. The number of aryl methyl sites for hydroxylation is 1. The number of amides is 1. The van der Waals surface area contributed by atoms with Crippen LogP contribution in [0.5, 0.6) is 11.5 Å². The number of ether oxygens (including phenoxy) is 1. The second-order valence-electron chi connectivity index (χ2n) is 6.83. The monoisotopic (exact) mass is 472 g/mol. The number of halogens is 1. The van der Waals surface area contributed by atoms with Crippen LogP contribution in [0.15, 0.2) is 76.7 Å². The van der Waals surface area contributed by atoms with Gasteiger partial charge in [-0.15, -0.1) is 0 Å². The highest BCUT2D eigenvalue weighted by molar-refractivity contribution is 7.87. The smallest absolute Gasteiger partial charge is 0.339 e. The molecular formula is C23H21ClN2O5S. The fourth-order valence-corrected chi connectivity index (χ4v) is 4.00. The summed E-state index contributed by atoms with van der Waals surface area (Å²) in [6.45, 7) is 1.85. The second kappa shape index (κ2) is 10.3. The van der Waals surface area contributed by atoms with Crippen LogP contribution in [0.25, 0.3) is 0 Å². The minimum absolute atomic E-state index is 0.00231. The first-order valence-corrected chi connectivity index (χ1v) is 11.3. The average molecular weight is 473 g/mol. The van der Waals surface area contributed by atoms with E-state index in [1.54, 1.807) is 55.6 Å². The van der Waals surface area contributed by atoms with Gasteiger partial charge in [-0.1, -0.05) is 47.5 Å². The summed E-state index contributed by atoms with van der Waals surface area (Å²) in [6.07, 6.45) is 1.37. The first-order valence-electron chi connectivity index (χ1n) is 9.53. The number of carbonyl (C=O) groups is 1. The summed E-state index contributed by atoms with van der Waals surface area (Å²) in [6, 6.07) is 18.1. The van der Waals surface area contributed by atoms with E-state index in [0.29, 0.717) is 5.75 Å². The van der Waals surface area contributed by atoms with Crippen LogP contribution < -0.4 is 14.3 Å². The number of nitrogens with zero attached hydrogens (tertiary/aromatic N) is 1. The molecule has 7 nitrogen and oxygen atoms in total. The molecule has 0 radical (unpaired) electrons. The number of para-hydroxylation sites is 1. The molecule has 0 atom stereocenters. The minimum Gasteiger partial charge on any atom is -0.497 e. The third-order valence-electron chi connectivity index (χ3n) is 4.39. The Hall–Kier alpha value is -3.36. The Kier molecular flexibility index (Phi) is 7.50. The van der Waals surface area contributed by atoms with E-state index in [1.165, 1.54) is 24.4 Å². The molecule has 3 rings (SSSR count). The summed E-state index contributed by atoms with van der Waals surface area (Å²) in [5.41, 5.74) is 4.37. The van der Waals surface area contributed by atoms with Crippen molar-refractivity contribution in [1.29, 1.82) is 0 Å². The van der Waals surface area contributed by atoms with Crippen molar-refractivity contribution >= 4 is 33.8 Å². The first kappa shape index (κ1) is 23.3. The highest BCUT2D eigenvalue weighted by atomic mass is 35.5. The Balaban J connectivity index is 1.73. The fourth-order valence-electron chi connectivity index (χ4n) is 2.76. The molecule has 0 saturated heterocycles. The highest BCUT2D eigenvalue weighted by Gasteiger charge is 2.20. The first-order chi connectivity index (χ1) is 15.3. The van der Waals surface area contributed by atoms with Crippen LogP contribution in [0.2, 0.25) is 5.02 Å². The lowest BCUT2D eigenvalue weighted by Gasteiger charge is -2.11. The van der Waals surface area contributed by atoms with Gasteiger partial charge in [0.15, 0.2) is 5.75 Å². The number of hydrogen-bond acceptors (Lipinski definition) is 6. The van der Waals surface area contributed by atoms with E-state index in [1.807, 2.05) is 6.92 Å². The molecule has 166 valence electrons. The van der Waals surface area contributed by atoms with Crippen LogP contribution in [0.1, 0.15) is 16.7 Å². The van der Waals surface area contributed by atoms with Crippen LogP contribution in [-0.4, -0.2) is 27.6 Å². The summed E-state index contributed by atoms with van der Waals surface area (Å²) in [7, 11) is -2.56. The SMILES string of the molecule is COc1cccc(CC(=O)N/N=C/c2cccc(Cl)c2OS(=O)(=O)c2ccc(C)cc2)c1. The summed E-state index contributed by atoms with van der Waals surface area (Å²) in [5, 5.41) is 4.00. The molecule has 3 aromatic carbocycles. The van der Waals surface area contributed by atoms with E-state index in [0.717, 1.165) is 11.1 Å². The minimum atomic E-state index is -4.11. The Morgan fingerprint density at radius 2 is 1.81 bits per heavy atom. The topological polar surface area (TPSA) is 94.1 Å². The van der Waals surface area contributed by atoms with Crippen molar-refractivity contribution in [2.75, 3.05) is 7.11 Å². The predicted molar refractivity (Wildman–Crippen MR) is 123 cm³/mol. The Labute approximate surface area is 191 Å². The molecule has 32 heavy (non-hydrogen) atoms. The molecule has 0 aromatic heterocycles. The van der Waals surface area contributed by atoms with E-state index >= 15 is 0 Å². The van der Waals surface area contributed by atoms with Gasteiger partial charge >= 0.3 is 10.1 Å². The maximum Gasteiger partial charge on any atom is 0.339 e. The maximum absolute atomic E-state index is 12.6. The number of benzene rings is 3. The normalized spacial score (nSPS) is 11.3. The van der Waals surface area contributed by atoms with Gasteiger partial charge in [0.2, 0.25) is 5.91 Å². The molecular weight excluding hydrogens is 452 g/mol. The zero-order valence-electron chi connectivity index (χ0n) is 17.4. The third kappa shape index (κ3) is 6.09. The summed E-state index contributed by atoms with van der Waals surface area (Å²) in [5.74, 6) is 0.209. The zero-order chi connectivity index (χ0) is 23.1. The van der Waals surface area contributed by atoms with Crippen LogP contribution >= 0.6 is 11.6 Å². The van der Waals surface area contributed by atoms with Crippen LogP contribution in [0, 0.1) is 6.92 Å². The number of nitrogens with one attached hydrogen (secondary N) is 1. The van der Waals surface area contributed by atoms with Gasteiger partial charge in [-0.25, -0.2) is 5.43 Å². The summed E-state index contributed by atoms with van der Waals surface area (Å²) in [4.78, 5) is 12.2. The van der Waals surface area contributed by atoms with Gasteiger partial charge in [-0.2, -0.15) is 13.5 Å². The van der Waals surface area contributed by atoms with E-state index in [4.69, 9.17) is 20.5 Å². The van der Waals surface area contributed by atoms with Gasteiger partial charge in [0.1, 0.15) is 10.6 Å². The van der Waals surface area contributed by atoms with Crippen LogP contribution in [-0.2, 0) is 21.3 Å². The predicted octanol–water partition coefficient (Wildman–Crippen LogP) is 4.12. The lowest BCUT2D eigenvalue weighted by Crippen LogP contribution is -2.20. The summed E-state index contributed by atoms with van der Waals surface area (Å²) >= 11 is 6.18. The number of rotatable bonds is 8. The van der Waals surface area contributed by atoms with Gasteiger partial charge in [-0.3, -0.25) is 4.79 Å². The van der Waals surface area contributed by atoms with Crippen molar-refractivity contribution in [3.8, 4) is 11.5 Å².